The fraction of sp³-hybridized carbons (Fsp3) is 0.600. The highest BCUT2D eigenvalue weighted by Gasteiger charge is 2.27. The van der Waals surface area contributed by atoms with E-state index >= 15 is 0 Å². The van der Waals surface area contributed by atoms with Crippen LogP contribution in [-0.4, -0.2) is 39.9 Å². The van der Waals surface area contributed by atoms with Crippen LogP contribution in [0.4, 0.5) is 5.82 Å². The predicted octanol–water partition coefficient (Wildman–Crippen LogP) is 2.93. The lowest BCUT2D eigenvalue weighted by atomic mass is 9.97. The second kappa shape index (κ2) is 6.82. The number of hydrogen-bond donors (Lipinski definition) is 0. The number of aryl methyl sites for hydroxylation is 1. The summed E-state index contributed by atoms with van der Waals surface area (Å²) in [4.78, 5) is 11.5. The minimum Gasteiger partial charge on any atom is -0.476 e. The van der Waals surface area contributed by atoms with E-state index in [1.165, 1.54) is 36.3 Å². The van der Waals surface area contributed by atoms with Crippen molar-refractivity contribution in [2.75, 3.05) is 24.6 Å². The van der Waals surface area contributed by atoms with Crippen molar-refractivity contribution in [3.8, 4) is 5.88 Å². The lowest BCUT2D eigenvalue weighted by Gasteiger charge is -2.33. The molecule has 1 saturated carbocycles. The fourth-order valence-corrected chi connectivity index (χ4v) is 4.13. The molecule has 2 aliphatic carbocycles. The topological polar surface area (TPSA) is 64.0 Å². The van der Waals surface area contributed by atoms with Crippen molar-refractivity contribution in [3.63, 3.8) is 0 Å². The summed E-state index contributed by atoms with van der Waals surface area (Å²) in [6.45, 7) is 2.82. The molecule has 1 aliphatic heterocycles. The van der Waals surface area contributed by atoms with Gasteiger partial charge in [0, 0.05) is 36.3 Å². The number of fused-ring (bicyclic) bond motifs is 1. The van der Waals surface area contributed by atoms with E-state index in [-0.39, 0.29) is 0 Å². The van der Waals surface area contributed by atoms with Gasteiger partial charge in [-0.05, 0) is 56.9 Å². The highest BCUT2D eigenvalue weighted by molar-refractivity contribution is 5.50. The first kappa shape index (κ1) is 16.0. The first-order chi connectivity index (χ1) is 12.9. The number of nitrogens with zero attached hydrogens (tertiary/aromatic N) is 5. The third-order valence-electron chi connectivity index (χ3n) is 5.89. The zero-order valence-electron chi connectivity index (χ0n) is 15.1. The number of piperidine rings is 1. The molecule has 5 rings (SSSR count). The van der Waals surface area contributed by atoms with E-state index < -0.39 is 0 Å². The minimum absolute atomic E-state index is 0.575. The predicted molar refractivity (Wildman–Crippen MR) is 98.5 cm³/mol. The standard InChI is InChI=1S/C20H25N5O/c1-2-16-18(3-1)21-13-22-20(16)25-10-8-14(9-11-25)12-26-19-7-6-17(23-24-19)15-4-5-15/h6-7,13-15H,1-5,8-12H2. The molecule has 3 aliphatic rings. The van der Waals surface area contributed by atoms with Crippen LogP contribution in [0.1, 0.15) is 55.0 Å². The van der Waals surface area contributed by atoms with Gasteiger partial charge in [-0.1, -0.05) is 0 Å². The van der Waals surface area contributed by atoms with Crippen molar-refractivity contribution < 1.29 is 4.74 Å². The van der Waals surface area contributed by atoms with Crippen LogP contribution in [-0.2, 0) is 12.8 Å². The lowest BCUT2D eigenvalue weighted by Crippen LogP contribution is -2.36. The van der Waals surface area contributed by atoms with Gasteiger partial charge in [0.1, 0.15) is 12.1 Å². The van der Waals surface area contributed by atoms with E-state index in [0.717, 1.165) is 51.1 Å². The van der Waals surface area contributed by atoms with Gasteiger partial charge in [0.25, 0.3) is 0 Å². The molecular formula is C20H25N5O. The van der Waals surface area contributed by atoms with E-state index in [2.05, 4.69) is 31.1 Å². The van der Waals surface area contributed by atoms with Gasteiger partial charge in [-0.2, -0.15) is 5.10 Å². The van der Waals surface area contributed by atoms with E-state index in [4.69, 9.17) is 4.74 Å². The Kier molecular flexibility index (Phi) is 4.19. The molecule has 0 unspecified atom stereocenters. The van der Waals surface area contributed by atoms with Gasteiger partial charge in [0.15, 0.2) is 0 Å². The minimum atomic E-state index is 0.575. The SMILES string of the molecule is c1nc2c(c(N3CCC(COc4ccc(C5CC5)nn4)CC3)n1)CCC2. The second-order valence-electron chi connectivity index (χ2n) is 7.79. The van der Waals surface area contributed by atoms with Crippen LogP contribution in [0.5, 0.6) is 5.88 Å². The van der Waals surface area contributed by atoms with Crippen molar-refractivity contribution in [2.24, 2.45) is 5.92 Å². The van der Waals surface area contributed by atoms with Gasteiger partial charge in [0.2, 0.25) is 5.88 Å². The van der Waals surface area contributed by atoms with Crippen molar-refractivity contribution in [1.82, 2.24) is 20.2 Å². The quantitative estimate of drug-likeness (QED) is 0.825. The average Bonchev–Trinajstić information content (AvgIpc) is 3.43. The molecule has 0 atom stereocenters. The van der Waals surface area contributed by atoms with Gasteiger partial charge in [-0.15, -0.1) is 5.10 Å². The number of hydrogen-bond acceptors (Lipinski definition) is 6. The summed E-state index contributed by atoms with van der Waals surface area (Å²) >= 11 is 0. The summed E-state index contributed by atoms with van der Waals surface area (Å²) in [5, 5.41) is 8.52. The summed E-state index contributed by atoms with van der Waals surface area (Å²) in [5.74, 6) is 3.05. The normalized spacial score (nSPS) is 20.2. The van der Waals surface area contributed by atoms with E-state index in [0.29, 0.717) is 17.7 Å². The molecule has 0 spiro atoms. The monoisotopic (exact) mass is 351 g/mol. The molecule has 0 bridgehead atoms. The van der Waals surface area contributed by atoms with Crippen LogP contribution < -0.4 is 9.64 Å². The molecule has 2 aromatic heterocycles. The molecule has 0 N–H and O–H groups in total. The molecule has 26 heavy (non-hydrogen) atoms. The van der Waals surface area contributed by atoms with Crippen LogP contribution in [0, 0.1) is 5.92 Å². The number of ether oxygens (including phenoxy) is 1. The van der Waals surface area contributed by atoms with E-state index in [1.807, 2.05) is 6.07 Å². The Morgan fingerprint density at radius 3 is 2.65 bits per heavy atom. The molecule has 6 nitrogen and oxygen atoms in total. The highest BCUT2D eigenvalue weighted by atomic mass is 16.5. The fourth-order valence-electron chi connectivity index (χ4n) is 4.13. The van der Waals surface area contributed by atoms with Gasteiger partial charge in [-0.3, -0.25) is 0 Å². The summed E-state index contributed by atoms with van der Waals surface area (Å²) in [6.07, 6.45) is 9.95. The molecule has 3 heterocycles. The maximum atomic E-state index is 5.90. The molecule has 2 aromatic rings. The molecule has 2 fully saturated rings. The molecular weight excluding hydrogens is 326 g/mol. The molecule has 0 radical (unpaired) electrons. The molecule has 0 amide bonds. The van der Waals surface area contributed by atoms with Crippen molar-refractivity contribution in [1.29, 1.82) is 0 Å². The summed E-state index contributed by atoms with van der Waals surface area (Å²) in [7, 11) is 0. The van der Waals surface area contributed by atoms with E-state index in [1.54, 1.807) is 6.33 Å². The largest absolute Gasteiger partial charge is 0.476 e. The highest BCUT2D eigenvalue weighted by Crippen LogP contribution is 2.38. The van der Waals surface area contributed by atoms with Crippen LogP contribution in [0.2, 0.25) is 0 Å². The Morgan fingerprint density at radius 2 is 1.88 bits per heavy atom. The van der Waals surface area contributed by atoms with Crippen molar-refractivity contribution in [2.45, 2.75) is 50.9 Å². The molecule has 1 saturated heterocycles. The zero-order chi connectivity index (χ0) is 17.3. The molecule has 6 heteroatoms. The third-order valence-corrected chi connectivity index (χ3v) is 5.89. The molecule has 0 aromatic carbocycles. The maximum Gasteiger partial charge on any atom is 0.233 e. The second-order valence-corrected chi connectivity index (χ2v) is 7.79. The number of rotatable bonds is 5. The van der Waals surface area contributed by atoms with Crippen LogP contribution >= 0.6 is 0 Å². The Hall–Kier alpha value is -2.24. The maximum absolute atomic E-state index is 5.90. The van der Waals surface area contributed by atoms with Crippen LogP contribution in [0.25, 0.3) is 0 Å². The Morgan fingerprint density at radius 1 is 1.00 bits per heavy atom. The van der Waals surface area contributed by atoms with Crippen molar-refractivity contribution >= 4 is 5.82 Å². The van der Waals surface area contributed by atoms with Gasteiger partial charge >= 0.3 is 0 Å². The van der Waals surface area contributed by atoms with E-state index in [9.17, 15) is 0 Å². The van der Waals surface area contributed by atoms with Gasteiger partial charge in [0.05, 0.1) is 12.3 Å². The zero-order valence-corrected chi connectivity index (χ0v) is 15.1. The van der Waals surface area contributed by atoms with Gasteiger partial charge in [-0.25, -0.2) is 9.97 Å². The first-order valence-electron chi connectivity index (χ1n) is 9.91. The lowest BCUT2D eigenvalue weighted by molar-refractivity contribution is 0.214. The Bertz CT molecular complexity index is 766. The number of anilines is 1. The van der Waals surface area contributed by atoms with Crippen LogP contribution in [0.3, 0.4) is 0 Å². The Balaban J connectivity index is 1.14. The molecule has 136 valence electrons. The van der Waals surface area contributed by atoms with Gasteiger partial charge < -0.3 is 9.64 Å². The smallest absolute Gasteiger partial charge is 0.233 e. The first-order valence-corrected chi connectivity index (χ1v) is 9.91. The summed E-state index contributed by atoms with van der Waals surface area (Å²) in [5.41, 5.74) is 3.75. The summed E-state index contributed by atoms with van der Waals surface area (Å²) < 4.78 is 5.90. The summed E-state index contributed by atoms with van der Waals surface area (Å²) in [6, 6.07) is 4.04. The Labute approximate surface area is 154 Å². The van der Waals surface area contributed by atoms with Crippen molar-refractivity contribution in [3.05, 3.63) is 35.4 Å². The number of aromatic nitrogens is 4. The average molecular weight is 351 g/mol. The third kappa shape index (κ3) is 3.24. The van der Waals surface area contributed by atoms with Crippen LogP contribution in [0.15, 0.2) is 18.5 Å².